The van der Waals surface area contributed by atoms with E-state index in [2.05, 4.69) is 6.07 Å². The molecule has 1 N–H and O–H groups in total. The normalized spacial score (nSPS) is 17.1. The van der Waals surface area contributed by atoms with Gasteiger partial charge in [0.25, 0.3) is 0 Å². The lowest BCUT2D eigenvalue weighted by molar-refractivity contribution is -0.143. The third kappa shape index (κ3) is 1.92. The molecule has 1 aromatic rings. The molecule has 1 aliphatic rings. The molecule has 1 aliphatic carbocycles. The average molecular weight is 244 g/mol. The highest BCUT2D eigenvalue weighted by Crippen LogP contribution is 2.37. The van der Waals surface area contributed by atoms with Crippen LogP contribution in [0.4, 0.5) is 5.69 Å². The minimum Gasteiger partial charge on any atom is -0.479 e. The Bertz CT molecular complexity index is 482. The SMILES string of the molecule is CN(c1ccc(C#N)cc1)C1(C(=O)O)CCCC1. The Hall–Kier alpha value is -2.02. The summed E-state index contributed by atoms with van der Waals surface area (Å²) in [6.45, 7) is 0. The summed E-state index contributed by atoms with van der Waals surface area (Å²) in [6.07, 6.45) is 3.26. The van der Waals surface area contributed by atoms with E-state index in [1.165, 1.54) is 0 Å². The Balaban J connectivity index is 2.31. The fourth-order valence-corrected chi connectivity index (χ4v) is 2.66. The number of carbonyl (C=O) groups is 1. The van der Waals surface area contributed by atoms with Crippen molar-refractivity contribution in [1.29, 1.82) is 5.26 Å². The predicted octanol–water partition coefficient (Wildman–Crippen LogP) is 2.39. The number of hydrogen-bond donors (Lipinski definition) is 1. The largest absolute Gasteiger partial charge is 0.479 e. The summed E-state index contributed by atoms with van der Waals surface area (Å²) in [5, 5.41) is 18.3. The second-order valence-corrected chi connectivity index (χ2v) is 4.76. The van der Waals surface area contributed by atoms with Gasteiger partial charge in [0.05, 0.1) is 11.6 Å². The van der Waals surface area contributed by atoms with E-state index in [-0.39, 0.29) is 0 Å². The molecule has 0 aromatic heterocycles. The molecule has 0 spiro atoms. The first-order valence-corrected chi connectivity index (χ1v) is 6.07. The van der Waals surface area contributed by atoms with Crippen molar-refractivity contribution in [3.8, 4) is 6.07 Å². The van der Waals surface area contributed by atoms with Gasteiger partial charge in [-0.2, -0.15) is 5.26 Å². The third-order valence-corrected chi connectivity index (χ3v) is 3.85. The minimum absolute atomic E-state index is 0.586. The van der Waals surface area contributed by atoms with Gasteiger partial charge in [0, 0.05) is 12.7 Å². The monoisotopic (exact) mass is 244 g/mol. The number of rotatable bonds is 3. The number of carboxylic acid groups (broad SMARTS) is 1. The summed E-state index contributed by atoms with van der Waals surface area (Å²) in [4.78, 5) is 13.4. The van der Waals surface area contributed by atoms with Crippen LogP contribution in [-0.4, -0.2) is 23.7 Å². The van der Waals surface area contributed by atoms with Gasteiger partial charge in [-0.15, -0.1) is 0 Å². The van der Waals surface area contributed by atoms with Gasteiger partial charge in [-0.05, 0) is 37.1 Å². The lowest BCUT2D eigenvalue weighted by Gasteiger charge is -2.36. The molecule has 0 aliphatic heterocycles. The quantitative estimate of drug-likeness (QED) is 0.886. The van der Waals surface area contributed by atoms with Crippen LogP contribution in [0.1, 0.15) is 31.2 Å². The van der Waals surface area contributed by atoms with E-state index in [9.17, 15) is 9.90 Å². The maximum Gasteiger partial charge on any atom is 0.329 e. The van der Waals surface area contributed by atoms with Crippen LogP contribution < -0.4 is 4.90 Å². The molecule has 0 atom stereocenters. The van der Waals surface area contributed by atoms with Gasteiger partial charge in [-0.25, -0.2) is 4.79 Å². The van der Waals surface area contributed by atoms with Crippen LogP contribution in [0.25, 0.3) is 0 Å². The summed E-state index contributed by atoms with van der Waals surface area (Å²) in [5.74, 6) is -0.758. The van der Waals surface area contributed by atoms with Gasteiger partial charge in [-0.3, -0.25) is 0 Å². The standard InChI is InChI=1S/C14H16N2O2/c1-16(12-6-4-11(10-15)5-7-12)14(13(17)18)8-2-3-9-14/h4-7H,2-3,8-9H2,1H3,(H,17,18). The van der Waals surface area contributed by atoms with E-state index in [0.717, 1.165) is 18.5 Å². The van der Waals surface area contributed by atoms with Crippen LogP contribution in [0.15, 0.2) is 24.3 Å². The second-order valence-electron chi connectivity index (χ2n) is 4.76. The lowest BCUT2D eigenvalue weighted by Crippen LogP contribution is -2.51. The Labute approximate surface area is 106 Å². The van der Waals surface area contributed by atoms with Crippen molar-refractivity contribution in [3.05, 3.63) is 29.8 Å². The summed E-state index contributed by atoms with van der Waals surface area (Å²) in [7, 11) is 1.82. The van der Waals surface area contributed by atoms with E-state index in [0.29, 0.717) is 18.4 Å². The molecule has 2 rings (SSSR count). The maximum absolute atomic E-state index is 11.6. The Morgan fingerprint density at radius 3 is 2.33 bits per heavy atom. The molecule has 0 amide bonds. The Morgan fingerprint density at radius 1 is 1.33 bits per heavy atom. The summed E-state index contributed by atoms with van der Waals surface area (Å²) in [5.41, 5.74) is 0.648. The summed E-state index contributed by atoms with van der Waals surface area (Å²) in [6, 6.07) is 9.11. The van der Waals surface area contributed by atoms with Crippen molar-refractivity contribution >= 4 is 11.7 Å². The molecule has 4 nitrogen and oxygen atoms in total. The van der Waals surface area contributed by atoms with Crippen LogP contribution >= 0.6 is 0 Å². The number of aliphatic carboxylic acids is 1. The van der Waals surface area contributed by atoms with E-state index >= 15 is 0 Å². The number of nitrogens with zero attached hydrogens (tertiary/aromatic N) is 2. The molecule has 0 bridgehead atoms. The number of benzene rings is 1. The first kappa shape index (κ1) is 12.4. The van der Waals surface area contributed by atoms with E-state index in [1.807, 2.05) is 24.1 Å². The molecule has 0 unspecified atom stereocenters. The predicted molar refractivity (Wildman–Crippen MR) is 68.4 cm³/mol. The van der Waals surface area contributed by atoms with E-state index in [1.54, 1.807) is 12.1 Å². The van der Waals surface area contributed by atoms with Gasteiger partial charge in [-0.1, -0.05) is 12.8 Å². The number of nitriles is 1. The van der Waals surface area contributed by atoms with Crippen LogP contribution in [0, 0.1) is 11.3 Å². The molecule has 94 valence electrons. The Morgan fingerprint density at radius 2 is 1.89 bits per heavy atom. The fraction of sp³-hybridized carbons (Fsp3) is 0.429. The number of carboxylic acids is 1. The molecule has 0 heterocycles. The van der Waals surface area contributed by atoms with Gasteiger partial charge >= 0.3 is 5.97 Å². The van der Waals surface area contributed by atoms with Gasteiger partial charge < -0.3 is 10.0 Å². The van der Waals surface area contributed by atoms with Crippen molar-refractivity contribution in [3.63, 3.8) is 0 Å². The zero-order valence-corrected chi connectivity index (χ0v) is 10.4. The van der Waals surface area contributed by atoms with Gasteiger partial charge in [0.1, 0.15) is 5.54 Å². The van der Waals surface area contributed by atoms with Crippen LogP contribution in [0.5, 0.6) is 0 Å². The van der Waals surface area contributed by atoms with Crippen molar-refractivity contribution in [2.45, 2.75) is 31.2 Å². The molecule has 1 saturated carbocycles. The molecule has 1 fully saturated rings. The van der Waals surface area contributed by atoms with Crippen molar-refractivity contribution < 1.29 is 9.90 Å². The van der Waals surface area contributed by atoms with Crippen molar-refractivity contribution in [2.24, 2.45) is 0 Å². The highest BCUT2D eigenvalue weighted by atomic mass is 16.4. The average Bonchev–Trinajstić information content (AvgIpc) is 2.88. The first-order valence-electron chi connectivity index (χ1n) is 6.07. The molecule has 0 saturated heterocycles. The van der Waals surface area contributed by atoms with Crippen LogP contribution in [0.2, 0.25) is 0 Å². The second kappa shape index (κ2) is 4.69. The highest BCUT2D eigenvalue weighted by molar-refractivity contribution is 5.84. The van der Waals surface area contributed by atoms with Crippen LogP contribution in [-0.2, 0) is 4.79 Å². The van der Waals surface area contributed by atoms with Gasteiger partial charge in [0.15, 0.2) is 0 Å². The number of hydrogen-bond acceptors (Lipinski definition) is 3. The van der Waals surface area contributed by atoms with E-state index in [4.69, 9.17) is 5.26 Å². The number of likely N-dealkylation sites (N-methyl/N-ethyl adjacent to an activating group) is 1. The third-order valence-electron chi connectivity index (χ3n) is 3.85. The zero-order valence-electron chi connectivity index (χ0n) is 10.4. The molecule has 4 heteroatoms. The van der Waals surface area contributed by atoms with Gasteiger partial charge in [0.2, 0.25) is 0 Å². The summed E-state index contributed by atoms with van der Waals surface area (Å²) < 4.78 is 0. The van der Waals surface area contributed by atoms with Crippen molar-refractivity contribution in [2.75, 3.05) is 11.9 Å². The summed E-state index contributed by atoms with van der Waals surface area (Å²) >= 11 is 0. The smallest absolute Gasteiger partial charge is 0.329 e. The van der Waals surface area contributed by atoms with Crippen LogP contribution in [0.3, 0.4) is 0 Å². The highest BCUT2D eigenvalue weighted by Gasteiger charge is 2.45. The molecule has 0 radical (unpaired) electrons. The minimum atomic E-state index is -0.784. The number of anilines is 1. The fourth-order valence-electron chi connectivity index (χ4n) is 2.66. The van der Waals surface area contributed by atoms with E-state index < -0.39 is 11.5 Å². The zero-order chi connectivity index (χ0) is 13.2. The Kier molecular flexibility index (Phi) is 3.24. The maximum atomic E-state index is 11.6. The molecular formula is C14H16N2O2. The van der Waals surface area contributed by atoms with Crippen molar-refractivity contribution in [1.82, 2.24) is 0 Å². The molecule has 18 heavy (non-hydrogen) atoms. The topological polar surface area (TPSA) is 64.3 Å². The molecular weight excluding hydrogens is 228 g/mol. The molecule has 1 aromatic carbocycles. The lowest BCUT2D eigenvalue weighted by atomic mass is 9.95. The first-order chi connectivity index (χ1) is 8.60.